The number of ether oxygens (including phenoxy) is 3. The van der Waals surface area contributed by atoms with E-state index in [-0.39, 0.29) is 23.2 Å². The third kappa shape index (κ3) is 7.10. The second-order valence-corrected chi connectivity index (χ2v) is 11.7. The first-order chi connectivity index (χ1) is 22.8. The van der Waals surface area contributed by atoms with Crippen molar-refractivity contribution in [2.45, 2.75) is 25.8 Å². The van der Waals surface area contributed by atoms with Crippen molar-refractivity contribution < 1.29 is 23.4 Å². The van der Waals surface area contributed by atoms with Crippen LogP contribution < -0.4 is 20.6 Å². The van der Waals surface area contributed by atoms with Gasteiger partial charge in [0.2, 0.25) is 0 Å². The summed E-state index contributed by atoms with van der Waals surface area (Å²) in [5.74, 6) is 1.30. The van der Waals surface area contributed by atoms with Gasteiger partial charge < -0.3 is 24.5 Å². The molecule has 9 heteroatoms. The van der Waals surface area contributed by atoms with E-state index < -0.39 is 5.82 Å². The quantitative estimate of drug-likeness (QED) is 0.168. The van der Waals surface area contributed by atoms with Crippen LogP contribution in [0.1, 0.15) is 28.8 Å². The molecule has 0 spiro atoms. The van der Waals surface area contributed by atoms with E-state index >= 15 is 0 Å². The van der Waals surface area contributed by atoms with Crippen molar-refractivity contribution in [1.29, 1.82) is 0 Å². The summed E-state index contributed by atoms with van der Waals surface area (Å²) in [6, 6.07) is 20.9. The number of anilines is 1. The number of carbonyl (C=O) groups is 1. The number of carbonyl (C=O) groups excluding carboxylic acids is 1. The Bertz CT molecular complexity index is 1950. The third-order valence-electron chi connectivity index (χ3n) is 8.61. The van der Waals surface area contributed by atoms with E-state index in [2.05, 4.69) is 4.98 Å². The molecule has 3 heterocycles. The van der Waals surface area contributed by atoms with Gasteiger partial charge in [0, 0.05) is 61.5 Å². The molecule has 3 aromatic carbocycles. The zero-order valence-electron chi connectivity index (χ0n) is 26.4. The molecule has 1 aliphatic rings. The van der Waals surface area contributed by atoms with Crippen molar-refractivity contribution in [2.75, 3.05) is 33.2 Å². The van der Waals surface area contributed by atoms with Crippen LogP contribution in [0.4, 0.5) is 10.2 Å². The molecule has 2 aromatic heterocycles. The normalized spacial score (nSPS) is 13.3. The molecule has 0 atom stereocenters. The maximum absolute atomic E-state index is 13.7. The first kappa shape index (κ1) is 31.7. The first-order valence-electron chi connectivity index (χ1n) is 15.5. The predicted molar refractivity (Wildman–Crippen MR) is 180 cm³/mol. The number of ketones is 1. The molecule has 0 amide bonds. The minimum Gasteiger partial charge on any atom is -0.493 e. The fraction of sp³-hybridized carbons (Fsp3) is 0.237. The van der Waals surface area contributed by atoms with Gasteiger partial charge in [-0.15, -0.1) is 0 Å². The van der Waals surface area contributed by atoms with Crippen molar-refractivity contribution in [3.63, 3.8) is 0 Å². The maximum Gasteiger partial charge on any atom is 0.200 e. The molecule has 0 saturated carbocycles. The Balaban J connectivity index is 1.26. The van der Waals surface area contributed by atoms with Gasteiger partial charge in [-0.2, -0.15) is 0 Å². The molecular weight excluding hydrogens is 597 g/mol. The minimum atomic E-state index is -0.391. The highest BCUT2D eigenvalue weighted by molar-refractivity contribution is 5.98. The van der Waals surface area contributed by atoms with E-state index in [1.807, 2.05) is 53.1 Å². The zero-order valence-corrected chi connectivity index (χ0v) is 26.4. The number of Topliss-reactive ketones (excluding diaryl/α,β-unsaturated/α-hetero) is 1. The van der Waals surface area contributed by atoms with E-state index in [1.165, 1.54) is 12.1 Å². The van der Waals surface area contributed by atoms with Gasteiger partial charge in [-0.1, -0.05) is 42.5 Å². The summed E-state index contributed by atoms with van der Waals surface area (Å²) in [5.41, 5.74) is 11.1. The fourth-order valence-electron chi connectivity index (χ4n) is 5.96. The van der Waals surface area contributed by atoms with Crippen molar-refractivity contribution in [3.8, 4) is 44.9 Å². The highest BCUT2D eigenvalue weighted by Gasteiger charge is 2.20. The summed E-state index contributed by atoms with van der Waals surface area (Å²) < 4.78 is 31.9. The van der Waals surface area contributed by atoms with Gasteiger partial charge in [0.05, 0.1) is 19.8 Å². The van der Waals surface area contributed by atoms with Crippen LogP contribution in [0.25, 0.3) is 33.4 Å². The second-order valence-electron chi connectivity index (χ2n) is 11.7. The van der Waals surface area contributed by atoms with Gasteiger partial charge in [-0.3, -0.25) is 9.59 Å². The largest absolute Gasteiger partial charge is 0.493 e. The third-order valence-corrected chi connectivity index (χ3v) is 8.61. The van der Waals surface area contributed by atoms with E-state index in [4.69, 9.17) is 19.9 Å². The summed E-state index contributed by atoms with van der Waals surface area (Å²) in [7, 11) is 3.18. The number of aromatic nitrogens is 2. The highest BCUT2D eigenvalue weighted by atomic mass is 19.1. The molecule has 240 valence electrons. The standard InChI is InChI=1S/C38H36FN3O5/c1-45-35-12-9-28(19-36(35)46-2)29-18-31(38(40)41-20-29)26-5-3-24(4-6-26)17-34(43)33-23-42(21-25-13-15-47-16-14-25)22-32(37(33)44)27-7-10-30(39)11-8-27/h3-12,18-20,22-23,25H,13-17,21H2,1-2H3,(H2,40,41). The molecule has 0 unspecified atom stereocenters. The first-order valence-corrected chi connectivity index (χ1v) is 15.5. The zero-order chi connectivity index (χ0) is 32.9. The van der Waals surface area contributed by atoms with Gasteiger partial charge in [-0.25, -0.2) is 9.37 Å². The van der Waals surface area contributed by atoms with Crippen molar-refractivity contribution in [1.82, 2.24) is 9.55 Å². The highest BCUT2D eigenvalue weighted by Crippen LogP contribution is 2.35. The lowest BCUT2D eigenvalue weighted by Crippen LogP contribution is -2.25. The summed E-state index contributed by atoms with van der Waals surface area (Å²) >= 11 is 0. The molecule has 5 aromatic rings. The summed E-state index contributed by atoms with van der Waals surface area (Å²) in [6.45, 7) is 2.05. The molecule has 0 aliphatic carbocycles. The fourth-order valence-corrected chi connectivity index (χ4v) is 5.96. The average molecular weight is 634 g/mol. The average Bonchev–Trinajstić information content (AvgIpc) is 3.10. The van der Waals surface area contributed by atoms with Crippen LogP contribution in [0.3, 0.4) is 0 Å². The Morgan fingerprint density at radius 2 is 1.53 bits per heavy atom. The van der Waals surface area contributed by atoms with Crippen LogP contribution in [0.15, 0.2) is 96.2 Å². The Morgan fingerprint density at radius 1 is 0.872 bits per heavy atom. The van der Waals surface area contributed by atoms with E-state index in [0.29, 0.717) is 54.1 Å². The maximum atomic E-state index is 13.7. The molecule has 8 nitrogen and oxygen atoms in total. The number of nitrogens with two attached hydrogens (primary N) is 1. The van der Waals surface area contributed by atoms with Gasteiger partial charge in [0.25, 0.3) is 0 Å². The topological polar surface area (TPSA) is 106 Å². The van der Waals surface area contributed by atoms with Gasteiger partial charge in [0.1, 0.15) is 11.6 Å². The van der Waals surface area contributed by atoms with Crippen molar-refractivity contribution >= 4 is 11.6 Å². The van der Waals surface area contributed by atoms with Crippen LogP contribution in [0.5, 0.6) is 11.5 Å². The van der Waals surface area contributed by atoms with E-state index in [9.17, 15) is 14.0 Å². The van der Waals surface area contributed by atoms with Crippen molar-refractivity contribution in [2.24, 2.45) is 5.92 Å². The number of benzene rings is 3. The lowest BCUT2D eigenvalue weighted by atomic mass is 9.96. The number of nitrogen functional groups attached to an aromatic ring is 1. The van der Waals surface area contributed by atoms with Gasteiger partial charge in [-0.05, 0) is 71.3 Å². The lowest BCUT2D eigenvalue weighted by Gasteiger charge is -2.23. The monoisotopic (exact) mass is 633 g/mol. The lowest BCUT2D eigenvalue weighted by molar-refractivity contribution is 0.0612. The number of pyridine rings is 2. The Kier molecular flexibility index (Phi) is 9.45. The minimum absolute atomic E-state index is 0.0407. The molecule has 1 aliphatic heterocycles. The second kappa shape index (κ2) is 14.0. The number of methoxy groups -OCH3 is 2. The number of hydrogen-bond acceptors (Lipinski definition) is 7. The van der Waals surface area contributed by atoms with E-state index in [1.54, 1.807) is 44.9 Å². The smallest absolute Gasteiger partial charge is 0.200 e. The van der Waals surface area contributed by atoms with Crippen LogP contribution in [-0.2, 0) is 17.7 Å². The summed E-state index contributed by atoms with van der Waals surface area (Å²) in [6.07, 6.45) is 7.00. The van der Waals surface area contributed by atoms with E-state index in [0.717, 1.165) is 40.7 Å². The molecule has 47 heavy (non-hydrogen) atoms. The molecule has 0 bridgehead atoms. The Labute approximate surface area is 272 Å². The number of nitrogens with zero attached hydrogens (tertiary/aromatic N) is 2. The molecule has 6 rings (SSSR count). The molecule has 1 fully saturated rings. The number of hydrogen-bond donors (Lipinski definition) is 1. The van der Waals surface area contributed by atoms with Crippen molar-refractivity contribution in [3.05, 3.63) is 119 Å². The molecule has 2 N–H and O–H groups in total. The Morgan fingerprint density at radius 3 is 2.23 bits per heavy atom. The molecule has 0 radical (unpaired) electrons. The Hall–Kier alpha value is -5.28. The van der Waals surface area contributed by atoms with Crippen LogP contribution in [0.2, 0.25) is 0 Å². The van der Waals surface area contributed by atoms with Crippen LogP contribution in [-0.4, -0.2) is 42.8 Å². The van der Waals surface area contributed by atoms with Crippen LogP contribution >= 0.6 is 0 Å². The van der Waals surface area contributed by atoms with Crippen LogP contribution in [0, 0.1) is 11.7 Å². The number of halogens is 1. The number of rotatable bonds is 10. The van der Waals surface area contributed by atoms with Gasteiger partial charge >= 0.3 is 0 Å². The molecular formula is C38H36FN3O5. The summed E-state index contributed by atoms with van der Waals surface area (Å²) in [5, 5.41) is 0. The SMILES string of the molecule is COc1ccc(-c2cnc(N)c(-c3ccc(CC(=O)c4cn(CC5CCOCC5)cc(-c5ccc(F)cc5)c4=O)cc3)c2)cc1OC. The van der Waals surface area contributed by atoms with Gasteiger partial charge in [0.15, 0.2) is 22.7 Å². The molecule has 1 saturated heterocycles. The summed E-state index contributed by atoms with van der Waals surface area (Å²) in [4.78, 5) is 31.8. The predicted octanol–water partition coefficient (Wildman–Crippen LogP) is 6.83.